The third-order valence-electron chi connectivity index (χ3n) is 1.96. The molecular weight excluding hydrogens is 302 g/mol. The Morgan fingerprint density at radius 3 is 2.71 bits per heavy atom. The Balaban J connectivity index is 2.14. The maximum absolute atomic E-state index is 5.68. The average Bonchev–Trinajstić information content (AvgIpc) is 2.74. The molecule has 2 rings (SSSR count). The number of para-hydroxylation sites is 2. The summed E-state index contributed by atoms with van der Waals surface area (Å²) in [6, 6.07) is 7.61. The molecule has 1 aromatic carbocycles. The second kappa shape index (κ2) is 6.02. The predicted molar refractivity (Wildman–Crippen MR) is 72.1 cm³/mol. The Morgan fingerprint density at radius 2 is 2.06 bits per heavy atom. The van der Waals surface area contributed by atoms with Crippen LogP contribution in [0, 0.1) is 0 Å². The van der Waals surface area contributed by atoms with Crippen LogP contribution >= 0.6 is 27.3 Å². The minimum absolute atomic E-state index is 0.601. The number of aromatic nitrogens is 1. The van der Waals surface area contributed by atoms with Crippen LogP contribution in [-0.2, 0) is 0 Å². The van der Waals surface area contributed by atoms with E-state index >= 15 is 0 Å². The van der Waals surface area contributed by atoms with Gasteiger partial charge in [0.25, 0.3) is 5.19 Å². The van der Waals surface area contributed by atoms with Crippen LogP contribution in [0.4, 0.5) is 0 Å². The molecule has 0 saturated heterocycles. The summed E-state index contributed by atoms with van der Waals surface area (Å²) in [5.41, 5.74) is 0. The molecule has 0 bridgehead atoms. The van der Waals surface area contributed by atoms with Gasteiger partial charge in [0.15, 0.2) is 11.5 Å². The zero-order chi connectivity index (χ0) is 12.1. The molecule has 0 aliphatic heterocycles. The molecule has 3 nitrogen and oxygen atoms in total. The lowest BCUT2D eigenvalue weighted by molar-refractivity contribution is 0.302. The van der Waals surface area contributed by atoms with Gasteiger partial charge in [-0.15, -0.1) is 0 Å². The highest BCUT2D eigenvalue weighted by molar-refractivity contribution is 9.10. The van der Waals surface area contributed by atoms with Gasteiger partial charge in [-0.2, -0.15) is 4.98 Å². The highest BCUT2D eigenvalue weighted by Gasteiger charge is 2.07. The van der Waals surface area contributed by atoms with E-state index in [2.05, 4.69) is 27.8 Å². The van der Waals surface area contributed by atoms with Crippen LogP contribution in [0.3, 0.4) is 0 Å². The number of benzene rings is 1. The van der Waals surface area contributed by atoms with Gasteiger partial charge in [-0.3, -0.25) is 0 Å². The fourth-order valence-corrected chi connectivity index (χ4v) is 2.34. The summed E-state index contributed by atoms with van der Waals surface area (Å²) in [6.45, 7) is 2.75. The average molecular weight is 314 g/mol. The van der Waals surface area contributed by atoms with Crippen LogP contribution in [0.15, 0.2) is 34.2 Å². The number of rotatable bonds is 5. The van der Waals surface area contributed by atoms with E-state index in [0.29, 0.717) is 17.6 Å². The van der Waals surface area contributed by atoms with E-state index in [-0.39, 0.29) is 0 Å². The smallest absolute Gasteiger partial charge is 0.279 e. The molecule has 0 saturated carbocycles. The van der Waals surface area contributed by atoms with Gasteiger partial charge in [0.05, 0.1) is 6.61 Å². The topological polar surface area (TPSA) is 31.4 Å². The van der Waals surface area contributed by atoms with Crippen LogP contribution in [0.2, 0.25) is 0 Å². The molecule has 5 heteroatoms. The Bertz CT molecular complexity index is 487. The van der Waals surface area contributed by atoms with Gasteiger partial charge >= 0.3 is 0 Å². The number of hydrogen-bond acceptors (Lipinski definition) is 4. The van der Waals surface area contributed by atoms with Gasteiger partial charge in [-0.1, -0.05) is 30.4 Å². The monoisotopic (exact) mass is 313 g/mol. The van der Waals surface area contributed by atoms with Crippen molar-refractivity contribution in [2.45, 2.75) is 13.3 Å². The highest BCUT2D eigenvalue weighted by Crippen LogP contribution is 2.33. The van der Waals surface area contributed by atoms with Crippen molar-refractivity contribution >= 4 is 27.3 Å². The Morgan fingerprint density at radius 1 is 1.29 bits per heavy atom. The molecule has 2 aromatic rings. The quantitative estimate of drug-likeness (QED) is 0.815. The van der Waals surface area contributed by atoms with E-state index in [0.717, 1.165) is 16.8 Å². The van der Waals surface area contributed by atoms with Gasteiger partial charge in [-0.05, 0) is 34.5 Å². The molecule has 0 unspecified atom stereocenters. The lowest BCUT2D eigenvalue weighted by Gasteiger charge is -2.09. The zero-order valence-corrected chi connectivity index (χ0v) is 11.8. The van der Waals surface area contributed by atoms with Crippen LogP contribution in [0.25, 0.3) is 0 Å². The molecular formula is C12H12BrNO2S. The Kier molecular flexibility index (Phi) is 4.39. The maximum atomic E-state index is 5.68. The molecule has 1 heterocycles. The molecule has 0 aliphatic carbocycles. The SMILES string of the molecule is CCCOc1ccccc1Oc1nc(Br)cs1. The molecule has 0 atom stereocenters. The molecule has 0 aliphatic rings. The second-order valence-electron chi connectivity index (χ2n) is 3.33. The third kappa shape index (κ3) is 3.44. The highest BCUT2D eigenvalue weighted by atomic mass is 79.9. The Hall–Kier alpha value is -1.07. The fourth-order valence-electron chi connectivity index (χ4n) is 1.25. The molecule has 17 heavy (non-hydrogen) atoms. The van der Waals surface area contributed by atoms with Crippen LogP contribution in [0.5, 0.6) is 16.7 Å². The number of halogens is 1. The van der Waals surface area contributed by atoms with Crippen molar-refractivity contribution in [3.8, 4) is 16.7 Å². The molecule has 0 radical (unpaired) electrons. The van der Waals surface area contributed by atoms with Crippen LogP contribution < -0.4 is 9.47 Å². The summed E-state index contributed by atoms with van der Waals surface area (Å²) >= 11 is 4.74. The summed E-state index contributed by atoms with van der Waals surface area (Å²) in [4.78, 5) is 4.18. The molecule has 90 valence electrons. The number of thiazole rings is 1. The first-order chi connectivity index (χ1) is 8.29. The number of ether oxygens (including phenoxy) is 2. The van der Waals surface area contributed by atoms with E-state index in [1.807, 2.05) is 29.6 Å². The van der Waals surface area contributed by atoms with E-state index in [1.165, 1.54) is 11.3 Å². The van der Waals surface area contributed by atoms with E-state index in [4.69, 9.17) is 9.47 Å². The largest absolute Gasteiger partial charge is 0.490 e. The van der Waals surface area contributed by atoms with Crippen molar-refractivity contribution < 1.29 is 9.47 Å². The van der Waals surface area contributed by atoms with Crippen molar-refractivity contribution in [3.63, 3.8) is 0 Å². The summed E-state index contributed by atoms with van der Waals surface area (Å²) in [6.07, 6.45) is 0.969. The Labute approximate surface area is 113 Å². The zero-order valence-electron chi connectivity index (χ0n) is 9.35. The molecule has 0 amide bonds. The summed E-state index contributed by atoms with van der Waals surface area (Å²) < 4.78 is 12.1. The molecule has 0 fully saturated rings. The van der Waals surface area contributed by atoms with Gasteiger partial charge in [0, 0.05) is 5.38 Å². The van der Waals surface area contributed by atoms with Gasteiger partial charge < -0.3 is 9.47 Å². The van der Waals surface area contributed by atoms with Crippen molar-refractivity contribution in [1.29, 1.82) is 0 Å². The predicted octanol–water partition coefficient (Wildman–Crippen LogP) is 4.49. The van der Waals surface area contributed by atoms with Gasteiger partial charge in [0.2, 0.25) is 0 Å². The molecule has 1 aromatic heterocycles. The standard InChI is InChI=1S/C12H12BrNO2S/c1-2-7-15-9-5-3-4-6-10(9)16-12-14-11(13)8-17-12/h3-6,8H,2,7H2,1H3. The molecule has 0 spiro atoms. The first-order valence-electron chi connectivity index (χ1n) is 5.30. The lowest BCUT2D eigenvalue weighted by atomic mass is 10.3. The van der Waals surface area contributed by atoms with E-state index < -0.39 is 0 Å². The number of nitrogens with zero attached hydrogens (tertiary/aromatic N) is 1. The second-order valence-corrected chi connectivity index (χ2v) is 4.97. The number of hydrogen-bond donors (Lipinski definition) is 0. The summed E-state index contributed by atoms with van der Waals surface area (Å²) in [5, 5.41) is 2.48. The third-order valence-corrected chi connectivity index (χ3v) is 3.39. The van der Waals surface area contributed by atoms with Crippen molar-refractivity contribution in [3.05, 3.63) is 34.2 Å². The van der Waals surface area contributed by atoms with Crippen LogP contribution in [-0.4, -0.2) is 11.6 Å². The fraction of sp³-hybridized carbons (Fsp3) is 0.250. The van der Waals surface area contributed by atoms with E-state index in [9.17, 15) is 0 Å². The van der Waals surface area contributed by atoms with Crippen LogP contribution in [0.1, 0.15) is 13.3 Å². The van der Waals surface area contributed by atoms with Gasteiger partial charge in [-0.25, -0.2) is 0 Å². The summed E-state index contributed by atoms with van der Waals surface area (Å²) in [5.74, 6) is 1.45. The maximum Gasteiger partial charge on any atom is 0.279 e. The van der Waals surface area contributed by atoms with Crippen molar-refractivity contribution in [1.82, 2.24) is 4.98 Å². The lowest BCUT2D eigenvalue weighted by Crippen LogP contribution is -1.97. The van der Waals surface area contributed by atoms with Crippen molar-refractivity contribution in [2.75, 3.05) is 6.61 Å². The minimum atomic E-state index is 0.601. The first-order valence-corrected chi connectivity index (χ1v) is 6.97. The molecule has 0 N–H and O–H groups in total. The van der Waals surface area contributed by atoms with Gasteiger partial charge in [0.1, 0.15) is 4.60 Å². The van der Waals surface area contributed by atoms with Crippen molar-refractivity contribution in [2.24, 2.45) is 0 Å². The normalized spacial score (nSPS) is 10.2. The summed E-state index contributed by atoms with van der Waals surface area (Å²) in [7, 11) is 0. The minimum Gasteiger partial charge on any atom is -0.490 e. The first kappa shape index (κ1) is 12.4. The van der Waals surface area contributed by atoms with E-state index in [1.54, 1.807) is 0 Å².